The summed E-state index contributed by atoms with van der Waals surface area (Å²) in [5.74, 6) is 1.60. The van der Waals surface area contributed by atoms with Gasteiger partial charge in [0.1, 0.15) is 24.2 Å². The SMILES string of the molecule is CCc1ccc([C@@H]2CCCN2S(=O)(=O)NCCn2cncn2)o1. The summed E-state index contributed by atoms with van der Waals surface area (Å²) in [7, 11) is -3.55. The highest BCUT2D eigenvalue weighted by atomic mass is 32.2. The van der Waals surface area contributed by atoms with Crippen LogP contribution in [-0.4, -0.2) is 40.6 Å². The summed E-state index contributed by atoms with van der Waals surface area (Å²) in [5.41, 5.74) is 0. The van der Waals surface area contributed by atoms with E-state index >= 15 is 0 Å². The minimum atomic E-state index is -3.55. The average Bonchev–Trinajstić information content (AvgIpc) is 3.27. The number of aryl methyl sites for hydroxylation is 1. The highest BCUT2D eigenvalue weighted by molar-refractivity contribution is 7.87. The van der Waals surface area contributed by atoms with E-state index in [1.165, 1.54) is 10.6 Å². The van der Waals surface area contributed by atoms with Gasteiger partial charge in [0.25, 0.3) is 10.2 Å². The molecule has 0 saturated carbocycles. The van der Waals surface area contributed by atoms with Crippen molar-refractivity contribution in [1.29, 1.82) is 0 Å². The predicted molar refractivity (Wildman–Crippen MR) is 83.7 cm³/mol. The van der Waals surface area contributed by atoms with Crippen molar-refractivity contribution < 1.29 is 12.8 Å². The van der Waals surface area contributed by atoms with E-state index in [9.17, 15) is 8.42 Å². The summed E-state index contributed by atoms with van der Waals surface area (Å²) in [5, 5.41) is 3.95. The van der Waals surface area contributed by atoms with Gasteiger partial charge >= 0.3 is 0 Å². The van der Waals surface area contributed by atoms with Crippen molar-refractivity contribution in [2.45, 2.75) is 38.8 Å². The maximum absolute atomic E-state index is 12.5. The molecular formula is C14H21N5O3S. The van der Waals surface area contributed by atoms with Crippen LogP contribution in [0.5, 0.6) is 0 Å². The van der Waals surface area contributed by atoms with Gasteiger partial charge in [0.15, 0.2) is 0 Å². The van der Waals surface area contributed by atoms with E-state index in [1.54, 1.807) is 11.0 Å². The van der Waals surface area contributed by atoms with Gasteiger partial charge in [0.05, 0.1) is 12.6 Å². The largest absolute Gasteiger partial charge is 0.464 e. The summed E-state index contributed by atoms with van der Waals surface area (Å²) in [6.45, 7) is 3.23. The van der Waals surface area contributed by atoms with Gasteiger partial charge < -0.3 is 4.42 Å². The molecule has 3 rings (SSSR count). The lowest BCUT2D eigenvalue weighted by Crippen LogP contribution is -2.41. The Balaban J connectivity index is 1.65. The fraction of sp³-hybridized carbons (Fsp3) is 0.571. The van der Waals surface area contributed by atoms with Gasteiger partial charge in [0.2, 0.25) is 0 Å². The van der Waals surface area contributed by atoms with Crippen molar-refractivity contribution in [3.8, 4) is 0 Å². The predicted octanol–water partition coefficient (Wildman–Crippen LogP) is 1.10. The summed E-state index contributed by atoms with van der Waals surface area (Å²) in [4.78, 5) is 3.83. The standard InChI is InChI=1S/C14H21N5O3S/c1-2-12-5-6-14(22-12)13-4-3-8-19(13)23(20,21)17-7-9-18-11-15-10-16-18/h5-6,10-11,13,17H,2-4,7-9H2,1H3/t13-/m0/s1. The Morgan fingerprint density at radius 1 is 1.43 bits per heavy atom. The van der Waals surface area contributed by atoms with Crippen LogP contribution in [0, 0.1) is 0 Å². The third kappa shape index (κ3) is 3.62. The maximum Gasteiger partial charge on any atom is 0.280 e. The van der Waals surface area contributed by atoms with E-state index in [-0.39, 0.29) is 12.6 Å². The van der Waals surface area contributed by atoms with Crippen LogP contribution in [0.2, 0.25) is 0 Å². The Bertz CT molecular complexity index is 725. The molecule has 9 heteroatoms. The minimum absolute atomic E-state index is 0.223. The molecule has 23 heavy (non-hydrogen) atoms. The van der Waals surface area contributed by atoms with Crippen molar-refractivity contribution in [2.75, 3.05) is 13.1 Å². The topological polar surface area (TPSA) is 93.3 Å². The second kappa shape index (κ2) is 6.81. The number of aromatic nitrogens is 3. The number of rotatable bonds is 7. The molecule has 1 atom stereocenters. The van der Waals surface area contributed by atoms with Gasteiger partial charge in [-0.25, -0.2) is 9.71 Å². The normalized spacial score (nSPS) is 19.4. The van der Waals surface area contributed by atoms with E-state index in [1.807, 2.05) is 19.1 Å². The van der Waals surface area contributed by atoms with Crippen LogP contribution >= 0.6 is 0 Å². The summed E-state index contributed by atoms with van der Waals surface area (Å²) in [6, 6.07) is 3.57. The smallest absolute Gasteiger partial charge is 0.280 e. The molecule has 1 fully saturated rings. The molecule has 0 bridgehead atoms. The molecule has 126 valence electrons. The van der Waals surface area contributed by atoms with Gasteiger partial charge in [-0.1, -0.05) is 6.92 Å². The second-order valence-corrected chi connectivity index (χ2v) is 7.19. The first-order valence-corrected chi connectivity index (χ1v) is 9.21. The molecule has 0 aromatic carbocycles. The van der Waals surface area contributed by atoms with Gasteiger partial charge in [-0.2, -0.15) is 17.8 Å². The fourth-order valence-corrected chi connectivity index (χ4v) is 4.22. The Morgan fingerprint density at radius 3 is 3.00 bits per heavy atom. The molecular weight excluding hydrogens is 318 g/mol. The van der Waals surface area contributed by atoms with Crippen LogP contribution in [0.25, 0.3) is 0 Å². The molecule has 0 spiro atoms. The lowest BCUT2D eigenvalue weighted by atomic mass is 10.2. The molecule has 1 saturated heterocycles. The number of nitrogens with one attached hydrogen (secondary N) is 1. The minimum Gasteiger partial charge on any atom is -0.464 e. The molecule has 8 nitrogen and oxygen atoms in total. The molecule has 0 amide bonds. The van der Waals surface area contributed by atoms with Gasteiger partial charge in [0, 0.05) is 19.5 Å². The Kier molecular flexibility index (Phi) is 4.79. The van der Waals surface area contributed by atoms with Crippen LogP contribution in [0.4, 0.5) is 0 Å². The van der Waals surface area contributed by atoms with E-state index in [2.05, 4.69) is 14.8 Å². The molecule has 0 radical (unpaired) electrons. The van der Waals surface area contributed by atoms with E-state index in [0.717, 1.165) is 30.8 Å². The molecule has 1 aliphatic heterocycles. The first-order chi connectivity index (χ1) is 11.1. The summed E-state index contributed by atoms with van der Waals surface area (Å²) >= 11 is 0. The molecule has 3 heterocycles. The van der Waals surface area contributed by atoms with Gasteiger partial charge in [-0.05, 0) is 25.0 Å². The Morgan fingerprint density at radius 2 is 2.30 bits per heavy atom. The molecule has 0 unspecified atom stereocenters. The van der Waals surface area contributed by atoms with Gasteiger partial charge in [-0.15, -0.1) is 0 Å². The maximum atomic E-state index is 12.5. The molecule has 2 aromatic heterocycles. The summed E-state index contributed by atoms with van der Waals surface area (Å²) in [6.07, 6.45) is 5.39. The lowest BCUT2D eigenvalue weighted by Gasteiger charge is -2.22. The zero-order valence-corrected chi connectivity index (χ0v) is 13.9. The first kappa shape index (κ1) is 16.2. The molecule has 1 aliphatic rings. The highest BCUT2D eigenvalue weighted by Crippen LogP contribution is 2.34. The van der Waals surface area contributed by atoms with Crippen LogP contribution in [-0.2, 0) is 23.2 Å². The van der Waals surface area contributed by atoms with Crippen LogP contribution < -0.4 is 4.72 Å². The molecule has 0 aliphatic carbocycles. The third-order valence-corrected chi connectivity index (χ3v) is 5.59. The van der Waals surface area contributed by atoms with Crippen LogP contribution in [0.3, 0.4) is 0 Å². The van der Waals surface area contributed by atoms with Crippen molar-refractivity contribution in [3.05, 3.63) is 36.3 Å². The van der Waals surface area contributed by atoms with Crippen LogP contribution in [0.1, 0.15) is 37.3 Å². The zero-order valence-electron chi connectivity index (χ0n) is 13.1. The van der Waals surface area contributed by atoms with E-state index < -0.39 is 10.2 Å². The second-order valence-electron chi connectivity index (χ2n) is 5.48. The quantitative estimate of drug-likeness (QED) is 0.815. The zero-order chi connectivity index (χ0) is 16.3. The van der Waals surface area contributed by atoms with E-state index in [0.29, 0.717) is 13.1 Å². The van der Waals surface area contributed by atoms with Crippen molar-refractivity contribution in [2.24, 2.45) is 0 Å². The lowest BCUT2D eigenvalue weighted by molar-refractivity contribution is 0.327. The monoisotopic (exact) mass is 339 g/mol. The third-order valence-electron chi connectivity index (χ3n) is 3.96. The van der Waals surface area contributed by atoms with Crippen molar-refractivity contribution >= 4 is 10.2 Å². The molecule has 1 N–H and O–H groups in total. The van der Waals surface area contributed by atoms with Gasteiger partial charge in [-0.3, -0.25) is 4.68 Å². The average molecular weight is 339 g/mol. The summed E-state index contributed by atoms with van der Waals surface area (Å²) < 4.78 is 36.6. The number of furan rings is 1. The number of nitrogens with zero attached hydrogens (tertiary/aromatic N) is 4. The van der Waals surface area contributed by atoms with Crippen molar-refractivity contribution in [3.63, 3.8) is 0 Å². The molecule has 2 aromatic rings. The highest BCUT2D eigenvalue weighted by Gasteiger charge is 2.36. The fourth-order valence-electron chi connectivity index (χ4n) is 2.80. The van der Waals surface area contributed by atoms with E-state index in [4.69, 9.17) is 4.42 Å². The number of hydrogen-bond acceptors (Lipinski definition) is 5. The Labute approximate surface area is 135 Å². The van der Waals surface area contributed by atoms with Crippen molar-refractivity contribution in [1.82, 2.24) is 23.8 Å². The first-order valence-electron chi connectivity index (χ1n) is 7.77. The Hall–Kier alpha value is -1.71. The number of hydrogen-bond donors (Lipinski definition) is 1. The van der Waals surface area contributed by atoms with Crippen LogP contribution in [0.15, 0.2) is 29.2 Å².